The van der Waals surface area contributed by atoms with Crippen LogP contribution in [0.4, 0.5) is 0 Å². The van der Waals surface area contributed by atoms with Gasteiger partial charge in [0.2, 0.25) is 0 Å². The van der Waals surface area contributed by atoms with E-state index in [1.165, 1.54) is 0 Å². The van der Waals surface area contributed by atoms with Crippen LogP contribution in [-0.4, -0.2) is 25.6 Å². The highest BCUT2D eigenvalue weighted by Crippen LogP contribution is 2.32. The lowest BCUT2D eigenvalue weighted by molar-refractivity contribution is 0.104. The second kappa shape index (κ2) is 14.7. The number of hydrogen-bond donors (Lipinski definition) is 0. The van der Waals surface area contributed by atoms with E-state index in [1.807, 2.05) is 24.3 Å². The van der Waals surface area contributed by atoms with E-state index in [9.17, 15) is 4.79 Å². The van der Waals surface area contributed by atoms with E-state index >= 15 is 0 Å². The summed E-state index contributed by atoms with van der Waals surface area (Å²) in [5.74, 6) is 2.15. The van der Waals surface area contributed by atoms with Crippen molar-refractivity contribution in [1.82, 2.24) is 0 Å². The van der Waals surface area contributed by atoms with Crippen LogP contribution in [0.1, 0.15) is 61.0 Å². The predicted molar refractivity (Wildman–Crippen MR) is 137 cm³/mol. The predicted octanol–water partition coefficient (Wildman–Crippen LogP) is 7.23. The van der Waals surface area contributed by atoms with Crippen molar-refractivity contribution < 1.29 is 19.0 Å². The van der Waals surface area contributed by atoms with Gasteiger partial charge in [-0.2, -0.15) is 0 Å². The van der Waals surface area contributed by atoms with Crippen molar-refractivity contribution in [3.8, 4) is 17.2 Å². The summed E-state index contributed by atoms with van der Waals surface area (Å²) in [4.78, 5) is 12.7. The maximum Gasteiger partial charge on any atom is 0.185 e. The Kier molecular flexibility index (Phi) is 11.6. The molecule has 176 valence electrons. The van der Waals surface area contributed by atoms with Gasteiger partial charge >= 0.3 is 0 Å². The maximum atomic E-state index is 12.7. The molecule has 2 rings (SSSR count). The van der Waals surface area contributed by atoms with E-state index in [4.69, 9.17) is 14.2 Å². The van der Waals surface area contributed by atoms with Crippen LogP contribution in [-0.2, 0) is 6.42 Å². The van der Waals surface area contributed by atoms with Crippen LogP contribution < -0.4 is 14.2 Å². The number of allylic oxidation sites excluding steroid dienone is 2. The Labute approximate surface area is 198 Å². The van der Waals surface area contributed by atoms with Crippen molar-refractivity contribution in [2.24, 2.45) is 0 Å². The second-order valence-corrected chi connectivity index (χ2v) is 7.72. The van der Waals surface area contributed by atoms with Crippen molar-refractivity contribution in [2.75, 3.05) is 19.8 Å². The smallest absolute Gasteiger partial charge is 0.185 e. The minimum atomic E-state index is -0.0849. The normalized spacial score (nSPS) is 10.7. The molecular formula is C29H36O4. The Morgan fingerprint density at radius 3 is 2.15 bits per heavy atom. The van der Waals surface area contributed by atoms with E-state index in [-0.39, 0.29) is 5.78 Å². The highest BCUT2D eigenvalue weighted by Gasteiger charge is 2.11. The molecule has 0 amide bonds. The Morgan fingerprint density at radius 2 is 1.55 bits per heavy atom. The number of ether oxygens (including phenoxy) is 3. The molecule has 2 aromatic rings. The molecule has 0 bridgehead atoms. The zero-order valence-corrected chi connectivity index (χ0v) is 20.0. The maximum absolute atomic E-state index is 12.7. The van der Waals surface area contributed by atoms with Crippen LogP contribution in [0.25, 0.3) is 6.08 Å². The minimum absolute atomic E-state index is 0.0849. The summed E-state index contributed by atoms with van der Waals surface area (Å²) in [5, 5.41) is 0. The lowest BCUT2D eigenvalue weighted by atomic mass is 10.0. The van der Waals surface area contributed by atoms with Crippen LogP contribution >= 0.6 is 0 Å². The molecule has 0 aliphatic rings. The molecule has 0 saturated heterocycles. The summed E-state index contributed by atoms with van der Waals surface area (Å²) < 4.78 is 17.6. The summed E-state index contributed by atoms with van der Waals surface area (Å²) in [7, 11) is 0. The number of benzene rings is 2. The van der Waals surface area contributed by atoms with Crippen molar-refractivity contribution in [3.63, 3.8) is 0 Å². The summed E-state index contributed by atoms with van der Waals surface area (Å²) in [6, 6.07) is 11.1. The van der Waals surface area contributed by atoms with E-state index in [0.717, 1.165) is 48.3 Å². The third kappa shape index (κ3) is 8.64. The molecule has 0 unspecified atom stereocenters. The van der Waals surface area contributed by atoms with Crippen LogP contribution in [0.15, 0.2) is 67.8 Å². The number of carbonyl (C=O) groups excluding carboxylic acids is 1. The van der Waals surface area contributed by atoms with Gasteiger partial charge in [-0.1, -0.05) is 45.4 Å². The SMILES string of the molecule is C=CCOc1ccc(C(=O)/C=C/c2cc(CC=C)c(OCCCC)cc2OCCCC)cc1. The number of hydrogen-bond acceptors (Lipinski definition) is 4. The summed E-state index contributed by atoms with van der Waals surface area (Å²) in [6.07, 6.45) is 11.7. The molecule has 0 spiro atoms. The highest BCUT2D eigenvalue weighted by molar-refractivity contribution is 6.07. The molecule has 0 aliphatic carbocycles. The van der Waals surface area contributed by atoms with Crippen LogP contribution in [0.5, 0.6) is 17.2 Å². The molecule has 4 heteroatoms. The third-order valence-corrected chi connectivity index (χ3v) is 4.99. The molecule has 0 aromatic heterocycles. The summed E-state index contributed by atoms with van der Waals surface area (Å²) in [5.41, 5.74) is 2.47. The standard InChI is InChI=1S/C29H36O4/c1-5-9-19-32-28-22-29(33-20-10-6-2)25(21-24(28)11-7-3)14-17-27(30)23-12-15-26(16-13-23)31-18-8-4/h7-8,12-17,21-22H,3-6,9-11,18-20H2,1-2H3/b17-14+. The first-order valence-corrected chi connectivity index (χ1v) is 11.7. The number of ketones is 1. The van der Waals surface area contributed by atoms with Crippen molar-refractivity contribution in [3.05, 3.63) is 84.5 Å². The van der Waals surface area contributed by atoms with Gasteiger partial charge in [0, 0.05) is 17.2 Å². The van der Waals surface area contributed by atoms with Gasteiger partial charge in [-0.05, 0) is 67.3 Å². The van der Waals surface area contributed by atoms with E-state index in [2.05, 4.69) is 27.0 Å². The van der Waals surface area contributed by atoms with Gasteiger partial charge in [0.05, 0.1) is 13.2 Å². The molecule has 4 nitrogen and oxygen atoms in total. The Balaban J connectivity index is 2.27. The largest absolute Gasteiger partial charge is 0.493 e. The molecule has 0 saturated carbocycles. The van der Waals surface area contributed by atoms with E-state index in [0.29, 0.717) is 37.6 Å². The second-order valence-electron chi connectivity index (χ2n) is 7.72. The van der Waals surface area contributed by atoms with Gasteiger partial charge in [0.25, 0.3) is 0 Å². The van der Waals surface area contributed by atoms with Gasteiger partial charge in [-0.15, -0.1) is 6.58 Å². The van der Waals surface area contributed by atoms with E-state index < -0.39 is 0 Å². The zero-order chi connectivity index (χ0) is 23.9. The van der Waals surface area contributed by atoms with Gasteiger partial charge in [0.15, 0.2) is 5.78 Å². The first-order valence-electron chi connectivity index (χ1n) is 11.7. The molecule has 0 fully saturated rings. The summed E-state index contributed by atoms with van der Waals surface area (Å²) in [6.45, 7) is 13.5. The lowest BCUT2D eigenvalue weighted by Crippen LogP contribution is -2.04. The zero-order valence-electron chi connectivity index (χ0n) is 20.0. The average Bonchev–Trinajstić information content (AvgIpc) is 2.83. The Hall–Kier alpha value is -3.27. The van der Waals surface area contributed by atoms with Crippen LogP contribution in [0.2, 0.25) is 0 Å². The molecule has 33 heavy (non-hydrogen) atoms. The monoisotopic (exact) mass is 448 g/mol. The fourth-order valence-corrected chi connectivity index (χ4v) is 3.11. The molecule has 0 N–H and O–H groups in total. The third-order valence-electron chi connectivity index (χ3n) is 4.99. The van der Waals surface area contributed by atoms with Gasteiger partial charge in [-0.3, -0.25) is 4.79 Å². The van der Waals surface area contributed by atoms with Gasteiger partial charge < -0.3 is 14.2 Å². The highest BCUT2D eigenvalue weighted by atomic mass is 16.5. The molecule has 0 aliphatic heterocycles. The van der Waals surface area contributed by atoms with Crippen LogP contribution in [0, 0.1) is 0 Å². The molecular weight excluding hydrogens is 412 g/mol. The number of rotatable bonds is 16. The quantitative estimate of drug-likeness (QED) is 0.118. The Bertz CT molecular complexity index is 925. The van der Waals surface area contributed by atoms with Gasteiger partial charge in [0.1, 0.15) is 23.9 Å². The molecule has 0 atom stereocenters. The Morgan fingerprint density at radius 1 is 0.879 bits per heavy atom. The van der Waals surface area contributed by atoms with Crippen molar-refractivity contribution >= 4 is 11.9 Å². The van der Waals surface area contributed by atoms with E-state index in [1.54, 1.807) is 36.4 Å². The number of carbonyl (C=O) groups is 1. The first kappa shape index (κ1) is 26.0. The number of unbranched alkanes of at least 4 members (excludes halogenated alkanes) is 2. The first-order chi connectivity index (χ1) is 16.1. The molecule has 2 aromatic carbocycles. The van der Waals surface area contributed by atoms with Crippen LogP contribution in [0.3, 0.4) is 0 Å². The summed E-state index contributed by atoms with van der Waals surface area (Å²) >= 11 is 0. The molecule has 0 heterocycles. The van der Waals surface area contributed by atoms with Crippen molar-refractivity contribution in [2.45, 2.75) is 46.0 Å². The van der Waals surface area contributed by atoms with Gasteiger partial charge in [-0.25, -0.2) is 0 Å². The fraction of sp³-hybridized carbons (Fsp3) is 0.345. The minimum Gasteiger partial charge on any atom is -0.493 e. The fourth-order valence-electron chi connectivity index (χ4n) is 3.11. The molecule has 0 radical (unpaired) electrons. The van der Waals surface area contributed by atoms with Crippen molar-refractivity contribution in [1.29, 1.82) is 0 Å². The lowest BCUT2D eigenvalue weighted by Gasteiger charge is -2.16. The average molecular weight is 449 g/mol. The topological polar surface area (TPSA) is 44.8 Å².